The molecule has 5 heteroatoms. The second kappa shape index (κ2) is 7.80. The molecular formula is C16H34BNO2Si. The second-order valence-electron chi connectivity index (χ2n) is 7.65. The maximum atomic E-state index is 10.2. The fourth-order valence-electron chi connectivity index (χ4n) is 5.19. The zero-order valence-corrected chi connectivity index (χ0v) is 16.1. The van der Waals surface area contributed by atoms with Gasteiger partial charge in [0.2, 0.25) is 0 Å². The van der Waals surface area contributed by atoms with Crippen molar-refractivity contribution >= 4 is 15.2 Å². The van der Waals surface area contributed by atoms with Crippen molar-refractivity contribution in [2.75, 3.05) is 0 Å². The number of nitriles is 1. The van der Waals surface area contributed by atoms with Crippen molar-refractivity contribution < 1.29 is 10.0 Å². The molecule has 122 valence electrons. The highest BCUT2D eigenvalue weighted by atomic mass is 28.3. The van der Waals surface area contributed by atoms with Gasteiger partial charge in [-0.05, 0) is 35.3 Å². The molecule has 0 spiro atoms. The Labute approximate surface area is 132 Å². The van der Waals surface area contributed by atoms with Gasteiger partial charge in [-0.25, -0.2) is 0 Å². The van der Waals surface area contributed by atoms with Crippen molar-refractivity contribution in [1.29, 1.82) is 5.26 Å². The molecular weight excluding hydrogens is 277 g/mol. The zero-order chi connectivity index (χ0) is 17.0. The Hall–Kier alpha value is -0.308. The summed E-state index contributed by atoms with van der Waals surface area (Å²) in [6.07, 6.45) is 0.867. The quantitative estimate of drug-likeness (QED) is 0.651. The van der Waals surface area contributed by atoms with Crippen molar-refractivity contribution in [2.24, 2.45) is 5.92 Å². The lowest BCUT2D eigenvalue weighted by Gasteiger charge is -2.55. The van der Waals surface area contributed by atoms with Crippen LogP contribution in [0.3, 0.4) is 0 Å². The van der Waals surface area contributed by atoms with Crippen molar-refractivity contribution in [3.05, 3.63) is 0 Å². The summed E-state index contributed by atoms with van der Waals surface area (Å²) in [4.78, 5) is 0. The van der Waals surface area contributed by atoms with Crippen LogP contribution in [0.4, 0.5) is 0 Å². The molecule has 0 rings (SSSR count). The Kier molecular flexibility index (Phi) is 7.69. The predicted molar refractivity (Wildman–Crippen MR) is 93.8 cm³/mol. The Morgan fingerprint density at radius 1 is 0.952 bits per heavy atom. The molecule has 0 saturated heterocycles. The maximum Gasteiger partial charge on any atom is 0.451 e. The number of hydrogen-bond acceptors (Lipinski definition) is 3. The van der Waals surface area contributed by atoms with Gasteiger partial charge in [-0.15, -0.1) is 0 Å². The van der Waals surface area contributed by atoms with Crippen LogP contribution in [0, 0.1) is 17.2 Å². The van der Waals surface area contributed by atoms with Crippen LogP contribution in [0.25, 0.3) is 0 Å². The van der Waals surface area contributed by atoms with Crippen molar-refractivity contribution in [2.45, 2.75) is 89.8 Å². The molecule has 0 fully saturated rings. The van der Waals surface area contributed by atoms with E-state index in [1.54, 1.807) is 0 Å². The summed E-state index contributed by atoms with van der Waals surface area (Å²) in [5, 5.41) is 28.4. The van der Waals surface area contributed by atoms with Gasteiger partial charge in [0.1, 0.15) is 0 Å². The minimum atomic E-state index is -2.02. The van der Waals surface area contributed by atoms with Crippen LogP contribution in [0.15, 0.2) is 0 Å². The smallest absolute Gasteiger partial charge is 0.427 e. The van der Waals surface area contributed by atoms with E-state index >= 15 is 0 Å². The Bertz CT molecular complexity index is 342. The van der Waals surface area contributed by atoms with E-state index in [2.05, 4.69) is 61.5 Å². The monoisotopic (exact) mass is 311 g/mol. The van der Waals surface area contributed by atoms with Crippen LogP contribution < -0.4 is 0 Å². The van der Waals surface area contributed by atoms with Gasteiger partial charge in [0, 0.05) is 0 Å². The molecule has 0 heterocycles. The van der Waals surface area contributed by atoms with E-state index in [9.17, 15) is 15.3 Å². The van der Waals surface area contributed by atoms with Gasteiger partial charge in [0.15, 0.2) is 0 Å². The van der Waals surface area contributed by atoms with Gasteiger partial charge < -0.3 is 10.0 Å². The third-order valence-corrected chi connectivity index (χ3v) is 13.8. The topological polar surface area (TPSA) is 64.2 Å². The molecule has 2 N–H and O–H groups in total. The first-order valence-corrected chi connectivity index (χ1v) is 10.5. The molecule has 0 aromatic carbocycles. The molecule has 3 nitrogen and oxygen atoms in total. The van der Waals surface area contributed by atoms with E-state index in [1.807, 2.05) is 0 Å². The van der Waals surface area contributed by atoms with Crippen LogP contribution >= 0.6 is 0 Å². The Morgan fingerprint density at radius 2 is 1.33 bits per heavy atom. The first kappa shape index (κ1) is 20.7. The third-order valence-electron chi connectivity index (χ3n) is 5.62. The largest absolute Gasteiger partial charge is 0.451 e. The first-order valence-electron chi connectivity index (χ1n) is 8.28. The molecule has 0 aromatic heterocycles. The molecule has 0 aliphatic rings. The van der Waals surface area contributed by atoms with Crippen molar-refractivity contribution in [3.63, 3.8) is 0 Å². The van der Waals surface area contributed by atoms with Crippen LogP contribution in [0.1, 0.15) is 61.8 Å². The fraction of sp³-hybridized carbons (Fsp3) is 0.938. The summed E-state index contributed by atoms with van der Waals surface area (Å²) in [7, 11) is -3.34. The fourth-order valence-corrected chi connectivity index (χ4v) is 14.1. The van der Waals surface area contributed by atoms with Gasteiger partial charge in [-0.2, -0.15) is 5.26 Å². The average molecular weight is 311 g/mol. The van der Waals surface area contributed by atoms with E-state index in [1.165, 1.54) is 0 Å². The maximum absolute atomic E-state index is 10.2. The summed E-state index contributed by atoms with van der Waals surface area (Å²) in [5.74, 6) is 0.222. The van der Waals surface area contributed by atoms with Gasteiger partial charge in [0.05, 0.1) is 19.2 Å². The SMILES string of the molecule is CC(C)C(C#N)(CCB(O)O)[Si](C(C)C)(C(C)C)C(C)C. The molecule has 1 unspecified atom stereocenters. The van der Waals surface area contributed by atoms with Gasteiger partial charge in [-0.3, -0.25) is 0 Å². The lowest BCUT2D eigenvalue weighted by Crippen LogP contribution is -2.57. The van der Waals surface area contributed by atoms with E-state index in [0.29, 0.717) is 23.0 Å². The third kappa shape index (κ3) is 3.55. The standard InChI is InChI=1S/C16H34BNO2Si/c1-12(2)16(11-18,9-10-17(19)20)21(13(3)4,14(5)6)15(7)8/h12-15,19-20H,9-10H2,1-8H3. The Morgan fingerprint density at radius 3 is 1.52 bits per heavy atom. The van der Waals surface area contributed by atoms with Crippen molar-refractivity contribution in [3.8, 4) is 6.07 Å². The minimum absolute atomic E-state index is 0.222. The van der Waals surface area contributed by atoms with Crippen LogP contribution in [0.2, 0.25) is 28.0 Å². The summed E-state index contributed by atoms with van der Waals surface area (Å²) >= 11 is 0. The molecule has 0 saturated carbocycles. The molecule has 0 aliphatic heterocycles. The van der Waals surface area contributed by atoms with E-state index in [0.717, 1.165) is 0 Å². The molecule has 1 atom stereocenters. The molecule has 0 amide bonds. The molecule has 21 heavy (non-hydrogen) atoms. The Balaban J connectivity index is 6.22. The molecule has 0 radical (unpaired) electrons. The lowest BCUT2D eigenvalue weighted by molar-refractivity contribution is 0.381. The van der Waals surface area contributed by atoms with E-state index < -0.39 is 20.2 Å². The van der Waals surface area contributed by atoms with E-state index in [-0.39, 0.29) is 12.2 Å². The highest BCUT2D eigenvalue weighted by molar-refractivity contribution is 6.87. The molecule has 0 aliphatic carbocycles. The van der Waals surface area contributed by atoms with Gasteiger partial charge >= 0.3 is 7.12 Å². The molecule has 0 bridgehead atoms. The highest BCUT2D eigenvalue weighted by Crippen LogP contribution is 2.62. The summed E-state index contributed by atoms with van der Waals surface area (Å²) < 4.78 is 0. The lowest BCUT2D eigenvalue weighted by atomic mass is 9.78. The average Bonchev–Trinajstić information content (AvgIpc) is 2.31. The second-order valence-corrected chi connectivity index (χ2v) is 13.9. The number of rotatable bonds is 8. The van der Waals surface area contributed by atoms with Gasteiger partial charge in [-0.1, -0.05) is 55.4 Å². The number of nitrogens with zero attached hydrogens (tertiary/aromatic N) is 1. The number of hydrogen-bond donors (Lipinski definition) is 2. The normalized spacial score (nSPS) is 15.7. The predicted octanol–water partition coefficient (Wildman–Crippen LogP) is 4.45. The first-order chi connectivity index (χ1) is 9.50. The zero-order valence-electron chi connectivity index (χ0n) is 15.1. The summed E-state index contributed by atoms with van der Waals surface area (Å²) in [6, 6.07) is 2.69. The minimum Gasteiger partial charge on any atom is -0.427 e. The summed E-state index contributed by atoms with van der Waals surface area (Å²) in [6.45, 7) is 17.8. The van der Waals surface area contributed by atoms with Crippen LogP contribution in [-0.2, 0) is 0 Å². The molecule has 0 aromatic rings. The van der Waals surface area contributed by atoms with E-state index in [4.69, 9.17) is 0 Å². The highest BCUT2D eigenvalue weighted by Gasteiger charge is 2.60. The summed E-state index contributed by atoms with van der Waals surface area (Å²) in [5.41, 5.74) is 1.45. The van der Waals surface area contributed by atoms with Crippen molar-refractivity contribution in [1.82, 2.24) is 0 Å². The van der Waals surface area contributed by atoms with Gasteiger partial charge in [0.25, 0.3) is 0 Å². The van der Waals surface area contributed by atoms with Crippen LogP contribution in [0.5, 0.6) is 0 Å². The van der Waals surface area contributed by atoms with Crippen LogP contribution in [-0.4, -0.2) is 25.2 Å².